The van der Waals surface area contributed by atoms with Gasteiger partial charge in [-0.25, -0.2) is 4.79 Å². The summed E-state index contributed by atoms with van der Waals surface area (Å²) in [4.78, 5) is 52.7. The normalized spacial score (nSPS) is 13.3. The first-order valence-electron chi connectivity index (χ1n) is 11.6. The minimum Gasteiger partial charge on any atom is -0.462 e. The standard InChI is InChI=1S/C28H26N2O5/c1-2-3-17-35-28(34)20-13-15-21(16-14-20)29-25(31)24(18-19-9-5-4-6-10-19)30-26(32)22-11-7-8-12-23(22)27(30)33/h4-16,24H,2-3,17-18H2,1H3,(H,29,31)/t24-/m1/s1. The zero-order valence-corrected chi connectivity index (χ0v) is 19.4. The van der Waals surface area contributed by atoms with Gasteiger partial charge in [-0.05, 0) is 48.4 Å². The van der Waals surface area contributed by atoms with Crippen LogP contribution in [0.5, 0.6) is 0 Å². The Hall–Kier alpha value is -4.26. The Bertz CT molecular complexity index is 1200. The van der Waals surface area contributed by atoms with Crippen molar-refractivity contribution in [2.24, 2.45) is 0 Å². The number of rotatable bonds is 9. The molecule has 35 heavy (non-hydrogen) atoms. The predicted molar refractivity (Wildman–Crippen MR) is 131 cm³/mol. The summed E-state index contributed by atoms with van der Waals surface area (Å²) >= 11 is 0. The zero-order valence-electron chi connectivity index (χ0n) is 19.4. The number of benzene rings is 3. The lowest BCUT2D eigenvalue weighted by Crippen LogP contribution is -2.48. The number of amides is 3. The van der Waals surface area contributed by atoms with E-state index in [9.17, 15) is 19.2 Å². The fourth-order valence-electron chi connectivity index (χ4n) is 3.94. The Morgan fingerprint density at radius 3 is 2.06 bits per heavy atom. The molecule has 0 fully saturated rings. The molecule has 0 saturated heterocycles. The Balaban J connectivity index is 1.54. The van der Waals surface area contributed by atoms with E-state index >= 15 is 0 Å². The smallest absolute Gasteiger partial charge is 0.338 e. The minimum absolute atomic E-state index is 0.167. The van der Waals surface area contributed by atoms with Gasteiger partial charge in [0.05, 0.1) is 23.3 Å². The van der Waals surface area contributed by atoms with Crippen molar-refractivity contribution in [1.29, 1.82) is 0 Å². The van der Waals surface area contributed by atoms with Crippen LogP contribution in [0.25, 0.3) is 0 Å². The number of esters is 1. The lowest BCUT2D eigenvalue weighted by Gasteiger charge is -2.25. The Kier molecular flexibility index (Phi) is 7.35. The molecule has 3 aromatic carbocycles. The Morgan fingerprint density at radius 1 is 0.857 bits per heavy atom. The van der Waals surface area contributed by atoms with Crippen molar-refractivity contribution < 1.29 is 23.9 Å². The molecule has 0 aromatic heterocycles. The highest BCUT2D eigenvalue weighted by Gasteiger charge is 2.42. The summed E-state index contributed by atoms with van der Waals surface area (Å²) in [6, 6.07) is 21.0. The zero-order chi connectivity index (χ0) is 24.8. The summed E-state index contributed by atoms with van der Waals surface area (Å²) in [6.07, 6.45) is 1.88. The highest BCUT2D eigenvalue weighted by atomic mass is 16.5. The molecule has 1 N–H and O–H groups in total. The maximum Gasteiger partial charge on any atom is 0.338 e. The number of hydrogen-bond acceptors (Lipinski definition) is 5. The molecular formula is C28H26N2O5. The van der Waals surface area contributed by atoms with Gasteiger partial charge in [0.1, 0.15) is 6.04 Å². The molecule has 0 unspecified atom stereocenters. The van der Waals surface area contributed by atoms with E-state index in [0.29, 0.717) is 17.9 Å². The van der Waals surface area contributed by atoms with Crippen molar-refractivity contribution in [3.05, 3.63) is 101 Å². The highest BCUT2D eigenvalue weighted by molar-refractivity contribution is 6.23. The molecule has 0 saturated carbocycles. The van der Waals surface area contributed by atoms with Crippen LogP contribution in [0.1, 0.15) is 56.4 Å². The third-order valence-corrected chi connectivity index (χ3v) is 5.83. The average molecular weight is 471 g/mol. The fourth-order valence-corrected chi connectivity index (χ4v) is 3.94. The Morgan fingerprint density at radius 2 is 1.46 bits per heavy atom. The van der Waals surface area contributed by atoms with E-state index in [1.165, 1.54) is 0 Å². The molecule has 178 valence electrons. The predicted octanol–water partition coefficient (Wildman–Crippen LogP) is 4.49. The van der Waals surface area contributed by atoms with Crippen molar-refractivity contribution in [2.75, 3.05) is 11.9 Å². The first-order chi connectivity index (χ1) is 17.0. The van der Waals surface area contributed by atoms with Gasteiger partial charge < -0.3 is 10.1 Å². The number of unbranched alkanes of at least 4 members (excludes halogenated alkanes) is 1. The van der Waals surface area contributed by atoms with Crippen LogP contribution in [0.3, 0.4) is 0 Å². The van der Waals surface area contributed by atoms with Crippen LogP contribution in [0.2, 0.25) is 0 Å². The van der Waals surface area contributed by atoms with Crippen LogP contribution >= 0.6 is 0 Å². The molecule has 1 heterocycles. The molecule has 4 rings (SSSR count). The summed E-state index contributed by atoms with van der Waals surface area (Å²) in [6.45, 7) is 2.37. The second kappa shape index (κ2) is 10.8. The van der Waals surface area contributed by atoms with Crippen LogP contribution in [-0.4, -0.2) is 41.2 Å². The van der Waals surface area contributed by atoms with Crippen LogP contribution in [0, 0.1) is 0 Å². The molecule has 0 radical (unpaired) electrons. The minimum atomic E-state index is -1.05. The fraction of sp³-hybridized carbons (Fsp3) is 0.214. The lowest BCUT2D eigenvalue weighted by atomic mass is 10.0. The summed E-state index contributed by atoms with van der Waals surface area (Å²) in [5.74, 6) is -1.91. The molecule has 3 amide bonds. The lowest BCUT2D eigenvalue weighted by molar-refractivity contribution is -0.119. The van der Waals surface area contributed by atoms with Gasteiger partial charge in [0.2, 0.25) is 5.91 Å². The van der Waals surface area contributed by atoms with Crippen molar-refractivity contribution in [3.8, 4) is 0 Å². The van der Waals surface area contributed by atoms with E-state index in [2.05, 4.69) is 5.32 Å². The molecule has 7 nitrogen and oxygen atoms in total. The number of fused-ring (bicyclic) bond motifs is 1. The molecule has 0 bridgehead atoms. The molecular weight excluding hydrogens is 444 g/mol. The third-order valence-electron chi connectivity index (χ3n) is 5.83. The average Bonchev–Trinajstić information content (AvgIpc) is 3.13. The van der Waals surface area contributed by atoms with Gasteiger partial charge in [-0.15, -0.1) is 0 Å². The van der Waals surface area contributed by atoms with Gasteiger partial charge in [-0.2, -0.15) is 0 Å². The number of nitrogens with one attached hydrogen (secondary N) is 1. The van der Waals surface area contributed by atoms with E-state index in [4.69, 9.17) is 4.74 Å². The second-order valence-electron chi connectivity index (χ2n) is 8.29. The summed E-state index contributed by atoms with van der Waals surface area (Å²) in [7, 11) is 0. The number of anilines is 1. The van der Waals surface area contributed by atoms with Crippen LogP contribution in [0.4, 0.5) is 5.69 Å². The van der Waals surface area contributed by atoms with Gasteiger partial charge in [0.25, 0.3) is 11.8 Å². The Labute approximate surface area is 203 Å². The van der Waals surface area contributed by atoms with Gasteiger partial charge in [-0.1, -0.05) is 55.8 Å². The van der Waals surface area contributed by atoms with Gasteiger partial charge >= 0.3 is 5.97 Å². The van der Waals surface area contributed by atoms with Gasteiger partial charge in [-0.3, -0.25) is 19.3 Å². The maximum absolute atomic E-state index is 13.4. The summed E-state index contributed by atoms with van der Waals surface area (Å²) in [5, 5.41) is 2.79. The van der Waals surface area contributed by atoms with Crippen molar-refractivity contribution in [3.63, 3.8) is 0 Å². The molecule has 1 aliphatic rings. The number of nitrogens with zero attached hydrogens (tertiary/aromatic N) is 1. The first-order valence-corrected chi connectivity index (χ1v) is 11.6. The SMILES string of the molecule is CCCCOC(=O)c1ccc(NC(=O)[C@@H](Cc2ccccc2)N2C(=O)c3ccccc3C2=O)cc1. The number of ether oxygens (including phenoxy) is 1. The van der Waals surface area contributed by atoms with E-state index < -0.39 is 29.7 Å². The molecule has 0 spiro atoms. The third kappa shape index (κ3) is 5.30. The summed E-state index contributed by atoms with van der Waals surface area (Å²) in [5.41, 5.74) is 2.20. The molecule has 0 aliphatic carbocycles. The topological polar surface area (TPSA) is 92.8 Å². The van der Waals surface area contributed by atoms with Crippen LogP contribution in [-0.2, 0) is 16.0 Å². The largest absolute Gasteiger partial charge is 0.462 e. The summed E-state index contributed by atoms with van der Waals surface area (Å²) < 4.78 is 5.21. The van der Waals surface area contributed by atoms with E-state index in [-0.39, 0.29) is 17.5 Å². The van der Waals surface area contributed by atoms with Gasteiger partial charge in [0.15, 0.2) is 0 Å². The molecule has 1 atom stereocenters. The molecule has 1 aliphatic heterocycles. The number of hydrogen-bond donors (Lipinski definition) is 1. The van der Waals surface area contributed by atoms with Gasteiger partial charge in [0, 0.05) is 12.1 Å². The quantitative estimate of drug-likeness (QED) is 0.283. The van der Waals surface area contributed by atoms with Crippen LogP contribution in [0.15, 0.2) is 78.9 Å². The highest BCUT2D eigenvalue weighted by Crippen LogP contribution is 2.26. The van der Waals surface area contributed by atoms with Crippen LogP contribution < -0.4 is 5.32 Å². The first kappa shape index (κ1) is 23.9. The number of carbonyl (C=O) groups excluding carboxylic acids is 4. The monoisotopic (exact) mass is 470 g/mol. The van der Waals surface area contributed by atoms with Crippen molar-refractivity contribution >= 4 is 29.4 Å². The number of imide groups is 1. The molecule has 7 heteroatoms. The van der Waals surface area contributed by atoms with Crippen molar-refractivity contribution in [2.45, 2.75) is 32.2 Å². The second-order valence-corrected chi connectivity index (χ2v) is 8.29. The van der Waals surface area contributed by atoms with E-state index in [1.807, 2.05) is 37.3 Å². The van der Waals surface area contributed by atoms with E-state index in [0.717, 1.165) is 23.3 Å². The molecule has 3 aromatic rings. The number of carbonyl (C=O) groups is 4. The maximum atomic E-state index is 13.4. The van der Waals surface area contributed by atoms with Crippen molar-refractivity contribution in [1.82, 2.24) is 4.90 Å². The van der Waals surface area contributed by atoms with E-state index in [1.54, 1.807) is 48.5 Å².